The van der Waals surface area contributed by atoms with Gasteiger partial charge in [0.1, 0.15) is 6.61 Å². The smallest absolute Gasteiger partial charge is 0.407 e. The van der Waals surface area contributed by atoms with Crippen LogP contribution in [0.2, 0.25) is 0 Å². The van der Waals surface area contributed by atoms with Crippen molar-refractivity contribution in [2.45, 2.75) is 24.5 Å². The van der Waals surface area contributed by atoms with E-state index in [1.165, 1.54) is 0 Å². The fraction of sp³-hybridized carbons (Fsp3) is 0.222. The number of carboxylic acids is 1. The Balaban J connectivity index is 1.25. The molecule has 3 aromatic carbocycles. The van der Waals surface area contributed by atoms with Crippen molar-refractivity contribution in [1.82, 2.24) is 10.6 Å². The van der Waals surface area contributed by atoms with Crippen molar-refractivity contribution < 1.29 is 29.3 Å². The van der Waals surface area contributed by atoms with Gasteiger partial charge in [-0.3, -0.25) is 4.79 Å². The van der Waals surface area contributed by atoms with E-state index in [2.05, 4.69) is 10.6 Å². The standard InChI is InChI=1S/C27H26N2O6/c30-18(14-24(31)29-25(26(32)33)17-8-2-1-3-9-17)15-28-27(34)35-16-23-21-12-6-4-10-19(21)20-11-5-7-13-22(20)23/h1-13,18,23,25,30H,14-16H2,(H,28,34)(H,29,31)(H,32,33)/t18?,25-/m1/s1. The first kappa shape index (κ1) is 24.0. The molecular formula is C27H26N2O6. The maximum absolute atomic E-state index is 12.2. The molecule has 0 saturated heterocycles. The molecule has 3 aromatic rings. The Morgan fingerprint density at radius 3 is 2.03 bits per heavy atom. The Morgan fingerprint density at radius 2 is 1.43 bits per heavy atom. The van der Waals surface area contributed by atoms with Gasteiger partial charge in [0.2, 0.25) is 5.91 Å². The number of aliphatic hydroxyl groups excluding tert-OH is 1. The van der Waals surface area contributed by atoms with Crippen LogP contribution in [0.5, 0.6) is 0 Å². The quantitative estimate of drug-likeness (QED) is 0.377. The van der Waals surface area contributed by atoms with Crippen molar-refractivity contribution >= 4 is 18.0 Å². The molecule has 0 spiro atoms. The number of hydrogen-bond acceptors (Lipinski definition) is 5. The first-order valence-electron chi connectivity index (χ1n) is 11.3. The highest BCUT2D eigenvalue weighted by molar-refractivity contribution is 5.85. The van der Waals surface area contributed by atoms with E-state index in [0.29, 0.717) is 5.56 Å². The molecule has 180 valence electrons. The van der Waals surface area contributed by atoms with Crippen molar-refractivity contribution in [3.8, 4) is 11.1 Å². The molecule has 0 saturated carbocycles. The molecule has 8 nitrogen and oxygen atoms in total. The lowest BCUT2D eigenvalue weighted by atomic mass is 9.98. The summed E-state index contributed by atoms with van der Waals surface area (Å²) in [5, 5.41) is 24.4. The Bertz CT molecular complexity index is 1170. The molecule has 2 atom stereocenters. The number of alkyl carbamates (subject to hydrolysis) is 1. The molecule has 2 amide bonds. The zero-order valence-corrected chi connectivity index (χ0v) is 18.9. The van der Waals surface area contributed by atoms with Crippen LogP contribution in [0.25, 0.3) is 11.1 Å². The van der Waals surface area contributed by atoms with Gasteiger partial charge in [0.15, 0.2) is 6.04 Å². The molecule has 0 bridgehead atoms. The van der Waals surface area contributed by atoms with E-state index in [0.717, 1.165) is 22.3 Å². The molecule has 0 radical (unpaired) electrons. The lowest BCUT2D eigenvalue weighted by Gasteiger charge is -2.17. The third-order valence-electron chi connectivity index (χ3n) is 5.93. The monoisotopic (exact) mass is 474 g/mol. The summed E-state index contributed by atoms with van der Waals surface area (Å²) in [6.45, 7) is -0.0824. The topological polar surface area (TPSA) is 125 Å². The summed E-state index contributed by atoms with van der Waals surface area (Å²) in [5.41, 5.74) is 4.83. The molecule has 0 heterocycles. The molecule has 1 aliphatic carbocycles. The van der Waals surface area contributed by atoms with E-state index in [4.69, 9.17) is 4.74 Å². The number of rotatable bonds is 9. The van der Waals surface area contributed by atoms with Gasteiger partial charge in [-0.05, 0) is 27.8 Å². The molecule has 4 N–H and O–H groups in total. The highest BCUT2D eigenvalue weighted by atomic mass is 16.5. The molecule has 1 unspecified atom stereocenters. The van der Waals surface area contributed by atoms with Gasteiger partial charge in [-0.1, -0.05) is 78.9 Å². The molecule has 35 heavy (non-hydrogen) atoms. The van der Waals surface area contributed by atoms with E-state index < -0.39 is 30.1 Å². The molecular weight excluding hydrogens is 448 g/mol. The van der Waals surface area contributed by atoms with Crippen molar-refractivity contribution in [3.05, 3.63) is 95.6 Å². The number of aliphatic carboxylic acids is 1. The molecule has 8 heteroatoms. The van der Waals surface area contributed by atoms with Gasteiger partial charge >= 0.3 is 12.1 Å². The molecule has 0 aromatic heterocycles. The SMILES string of the molecule is O=C(CC(O)CNC(=O)OCC1c2ccccc2-c2ccccc21)N[C@@H](C(=O)O)c1ccccc1. The number of carbonyl (C=O) groups is 3. The van der Waals surface area contributed by atoms with Gasteiger partial charge in [0.25, 0.3) is 0 Å². The number of aliphatic hydroxyl groups is 1. The lowest BCUT2D eigenvalue weighted by molar-refractivity contribution is -0.142. The predicted octanol–water partition coefficient (Wildman–Crippen LogP) is 3.22. The van der Waals surface area contributed by atoms with Gasteiger partial charge < -0.3 is 25.6 Å². The highest BCUT2D eigenvalue weighted by Gasteiger charge is 2.29. The number of hydrogen-bond donors (Lipinski definition) is 4. The Hall–Kier alpha value is -4.17. The van der Waals surface area contributed by atoms with E-state index in [1.807, 2.05) is 48.5 Å². The fourth-order valence-electron chi connectivity index (χ4n) is 4.29. The van der Waals surface area contributed by atoms with Crippen LogP contribution in [0.4, 0.5) is 4.79 Å². The van der Waals surface area contributed by atoms with Gasteiger partial charge in [0.05, 0.1) is 12.5 Å². The van der Waals surface area contributed by atoms with Crippen LogP contribution in [0.15, 0.2) is 78.9 Å². The first-order valence-corrected chi connectivity index (χ1v) is 11.3. The van der Waals surface area contributed by atoms with Crippen LogP contribution < -0.4 is 10.6 Å². The van der Waals surface area contributed by atoms with Gasteiger partial charge in [-0.2, -0.15) is 0 Å². The zero-order chi connectivity index (χ0) is 24.8. The minimum atomic E-state index is -1.23. The predicted molar refractivity (Wildman–Crippen MR) is 129 cm³/mol. The summed E-state index contributed by atoms with van der Waals surface area (Å²) >= 11 is 0. The minimum Gasteiger partial charge on any atom is -0.479 e. The molecule has 0 aliphatic heterocycles. The summed E-state index contributed by atoms with van der Waals surface area (Å²) in [6.07, 6.45) is -2.29. The number of carbonyl (C=O) groups excluding carboxylic acids is 2. The Labute approximate surface area is 202 Å². The molecule has 0 fully saturated rings. The number of amides is 2. The fourth-order valence-corrected chi connectivity index (χ4v) is 4.29. The minimum absolute atomic E-state index is 0.0882. The van der Waals surface area contributed by atoms with Crippen LogP contribution in [-0.2, 0) is 14.3 Å². The summed E-state index contributed by atoms with van der Waals surface area (Å²) in [7, 11) is 0. The summed E-state index contributed by atoms with van der Waals surface area (Å²) in [6, 6.07) is 23.0. The summed E-state index contributed by atoms with van der Waals surface area (Å²) in [5.74, 6) is -1.95. The highest BCUT2D eigenvalue weighted by Crippen LogP contribution is 2.44. The van der Waals surface area contributed by atoms with Gasteiger partial charge in [-0.15, -0.1) is 0 Å². The van der Waals surface area contributed by atoms with Crippen LogP contribution >= 0.6 is 0 Å². The summed E-state index contributed by atoms with van der Waals surface area (Å²) < 4.78 is 5.41. The first-order chi connectivity index (χ1) is 16.9. The van der Waals surface area contributed by atoms with Crippen LogP contribution in [0.3, 0.4) is 0 Å². The number of fused-ring (bicyclic) bond motifs is 3. The van der Waals surface area contributed by atoms with Gasteiger partial charge in [-0.25, -0.2) is 9.59 Å². The Kier molecular flexibility index (Phi) is 7.42. The number of benzene rings is 3. The largest absolute Gasteiger partial charge is 0.479 e. The maximum Gasteiger partial charge on any atom is 0.407 e. The third kappa shape index (κ3) is 5.67. The van der Waals surface area contributed by atoms with E-state index in [-0.39, 0.29) is 25.5 Å². The Morgan fingerprint density at radius 1 is 0.857 bits per heavy atom. The molecule has 1 aliphatic rings. The lowest BCUT2D eigenvalue weighted by Crippen LogP contribution is -2.39. The average Bonchev–Trinajstić information content (AvgIpc) is 3.19. The van der Waals surface area contributed by atoms with Crippen molar-refractivity contribution in [1.29, 1.82) is 0 Å². The maximum atomic E-state index is 12.2. The molecule has 4 rings (SSSR count). The number of nitrogens with one attached hydrogen (secondary N) is 2. The zero-order valence-electron chi connectivity index (χ0n) is 18.9. The van der Waals surface area contributed by atoms with Crippen molar-refractivity contribution in [3.63, 3.8) is 0 Å². The second-order valence-electron chi connectivity index (χ2n) is 8.31. The van der Waals surface area contributed by atoms with Gasteiger partial charge in [0, 0.05) is 12.5 Å². The van der Waals surface area contributed by atoms with E-state index >= 15 is 0 Å². The van der Waals surface area contributed by atoms with Crippen LogP contribution in [0, 0.1) is 0 Å². The normalized spacial score (nSPS) is 13.7. The summed E-state index contributed by atoms with van der Waals surface area (Å²) in [4.78, 5) is 36.0. The third-order valence-corrected chi connectivity index (χ3v) is 5.93. The van der Waals surface area contributed by atoms with E-state index in [9.17, 15) is 24.6 Å². The second-order valence-corrected chi connectivity index (χ2v) is 8.31. The van der Waals surface area contributed by atoms with Crippen molar-refractivity contribution in [2.24, 2.45) is 0 Å². The van der Waals surface area contributed by atoms with Crippen LogP contribution in [0.1, 0.15) is 35.1 Å². The second kappa shape index (κ2) is 10.8. The number of carboxylic acid groups (broad SMARTS) is 1. The van der Waals surface area contributed by atoms with Crippen molar-refractivity contribution in [2.75, 3.05) is 13.2 Å². The van der Waals surface area contributed by atoms with E-state index in [1.54, 1.807) is 30.3 Å². The number of ether oxygens (including phenoxy) is 1. The van der Waals surface area contributed by atoms with Crippen LogP contribution in [-0.4, -0.2) is 47.4 Å². The average molecular weight is 475 g/mol.